The van der Waals surface area contributed by atoms with E-state index >= 15 is 0 Å². The van der Waals surface area contributed by atoms with E-state index in [1.807, 2.05) is 13.8 Å². The molecule has 0 saturated heterocycles. The lowest BCUT2D eigenvalue weighted by Crippen LogP contribution is -2.20. The van der Waals surface area contributed by atoms with Crippen molar-refractivity contribution in [1.82, 2.24) is 14.5 Å². The van der Waals surface area contributed by atoms with Gasteiger partial charge in [0.05, 0.1) is 22.2 Å². The molecule has 122 valence electrons. The highest BCUT2D eigenvalue weighted by Gasteiger charge is 2.25. The smallest absolute Gasteiger partial charge is 0.275 e. The monoisotopic (exact) mass is 340 g/mol. The van der Waals surface area contributed by atoms with Gasteiger partial charge in [0.15, 0.2) is 0 Å². The van der Waals surface area contributed by atoms with Gasteiger partial charge in [0.1, 0.15) is 5.69 Å². The number of nitrogens with one attached hydrogen (secondary N) is 1. The number of benzene rings is 1. The Balaban J connectivity index is 1.69. The minimum Gasteiger partial charge on any atom is -0.321 e. The van der Waals surface area contributed by atoms with Gasteiger partial charge in [-0.1, -0.05) is 0 Å². The van der Waals surface area contributed by atoms with Crippen molar-refractivity contribution in [3.8, 4) is 0 Å². The molecule has 3 aromatic rings. The Bertz CT molecular complexity index is 1020. The number of hydrogen-bond donors (Lipinski definition) is 1. The second-order valence-electron chi connectivity index (χ2n) is 6.01. The lowest BCUT2D eigenvalue weighted by Gasteiger charge is -2.07. The highest BCUT2D eigenvalue weighted by atomic mass is 32.1. The highest BCUT2D eigenvalue weighted by Crippen LogP contribution is 2.33. The maximum Gasteiger partial charge on any atom is 0.275 e. The molecule has 4 rings (SSSR count). The van der Waals surface area contributed by atoms with Crippen LogP contribution in [0.3, 0.4) is 0 Å². The molecule has 0 spiro atoms. The molecule has 2 heterocycles. The Kier molecular flexibility index (Phi) is 3.45. The van der Waals surface area contributed by atoms with E-state index in [1.165, 1.54) is 11.3 Å². The number of rotatable bonds is 3. The molecule has 0 aliphatic heterocycles. The average Bonchev–Trinajstić information content (AvgIpc) is 3.32. The molecule has 0 unspecified atom stereocenters. The summed E-state index contributed by atoms with van der Waals surface area (Å²) < 4.78 is 1.68. The summed E-state index contributed by atoms with van der Waals surface area (Å²) in [6.07, 6.45) is 3.65. The zero-order valence-corrected chi connectivity index (χ0v) is 14.2. The second-order valence-corrected chi connectivity index (χ2v) is 7.42. The molecular weight excluding hydrogens is 324 g/mol. The van der Waals surface area contributed by atoms with Crippen LogP contribution in [0.2, 0.25) is 0 Å². The second kappa shape index (κ2) is 5.52. The van der Waals surface area contributed by atoms with Crippen molar-refractivity contribution in [2.24, 2.45) is 0 Å². The number of nitrogens with zero attached hydrogens (tertiary/aromatic N) is 3. The third kappa shape index (κ3) is 2.60. The molecule has 1 N–H and O–H groups in total. The van der Waals surface area contributed by atoms with E-state index in [-0.39, 0.29) is 17.5 Å². The van der Waals surface area contributed by atoms with Gasteiger partial charge in [-0.3, -0.25) is 14.2 Å². The van der Waals surface area contributed by atoms with Crippen LogP contribution in [-0.4, -0.2) is 20.4 Å². The molecule has 0 atom stereocenters. The Labute approximate surface area is 142 Å². The van der Waals surface area contributed by atoms with Crippen LogP contribution in [0.5, 0.6) is 0 Å². The van der Waals surface area contributed by atoms with Gasteiger partial charge in [0.25, 0.3) is 11.5 Å². The first-order valence-electron chi connectivity index (χ1n) is 7.79. The van der Waals surface area contributed by atoms with Crippen LogP contribution < -0.4 is 10.9 Å². The van der Waals surface area contributed by atoms with Crippen molar-refractivity contribution < 1.29 is 4.79 Å². The van der Waals surface area contributed by atoms with Gasteiger partial charge in [0, 0.05) is 16.6 Å². The van der Waals surface area contributed by atoms with E-state index in [1.54, 1.807) is 29.1 Å². The van der Waals surface area contributed by atoms with E-state index < -0.39 is 0 Å². The third-order valence-corrected chi connectivity index (χ3v) is 4.99. The van der Waals surface area contributed by atoms with Gasteiger partial charge in [-0.05, 0) is 44.9 Å². The summed E-state index contributed by atoms with van der Waals surface area (Å²) in [5, 5.41) is 4.20. The molecule has 1 aromatic carbocycles. The SMILES string of the molecule is Cc1nc(C(=O)Nc2ccc3ncn(C4CC4)c(=O)c3c2)c(C)s1. The summed E-state index contributed by atoms with van der Waals surface area (Å²) in [6.45, 7) is 3.74. The van der Waals surface area contributed by atoms with Crippen LogP contribution in [0.25, 0.3) is 10.9 Å². The van der Waals surface area contributed by atoms with Crippen LogP contribution >= 0.6 is 11.3 Å². The van der Waals surface area contributed by atoms with Gasteiger partial charge in [-0.25, -0.2) is 9.97 Å². The maximum atomic E-state index is 12.6. The van der Waals surface area contributed by atoms with Gasteiger partial charge >= 0.3 is 0 Å². The third-order valence-electron chi connectivity index (χ3n) is 4.10. The first-order valence-corrected chi connectivity index (χ1v) is 8.61. The van der Waals surface area contributed by atoms with E-state index in [0.717, 1.165) is 22.7 Å². The number of aryl methyl sites for hydroxylation is 2. The maximum absolute atomic E-state index is 12.6. The summed E-state index contributed by atoms with van der Waals surface area (Å²) in [5.41, 5.74) is 1.58. The van der Waals surface area contributed by atoms with Crippen molar-refractivity contribution in [2.45, 2.75) is 32.7 Å². The number of anilines is 1. The molecule has 24 heavy (non-hydrogen) atoms. The molecule has 0 radical (unpaired) electrons. The van der Waals surface area contributed by atoms with E-state index in [9.17, 15) is 9.59 Å². The fraction of sp³-hybridized carbons (Fsp3) is 0.294. The predicted octanol–water partition coefficient (Wildman–Crippen LogP) is 3.06. The number of carbonyl (C=O) groups excluding carboxylic acids is 1. The molecule has 7 heteroatoms. The number of fused-ring (bicyclic) bond motifs is 1. The molecular formula is C17H16N4O2S. The Morgan fingerprint density at radius 3 is 2.79 bits per heavy atom. The Morgan fingerprint density at radius 2 is 2.12 bits per heavy atom. The van der Waals surface area contributed by atoms with E-state index in [0.29, 0.717) is 22.3 Å². The molecule has 1 fully saturated rings. The van der Waals surface area contributed by atoms with Gasteiger partial charge in [0.2, 0.25) is 0 Å². The number of thiazole rings is 1. The zero-order chi connectivity index (χ0) is 16.8. The first-order chi connectivity index (χ1) is 11.5. The zero-order valence-electron chi connectivity index (χ0n) is 13.4. The van der Waals surface area contributed by atoms with Crippen LogP contribution in [0.15, 0.2) is 29.3 Å². The number of aromatic nitrogens is 3. The summed E-state index contributed by atoms with van der Waals surface area (Å²) >= 11 is 1.49. The van der Waals surface area contributed by atoms with E-state index in [2.05, 4.69) is 15.3 Å². The van der Waals surface area contributed by atoms with E-state index in [4.69, 9.17) is 0 Å². The molecule has 1 aliphatic rings. The van der Waals surface area contributed by atoms with Crippen LogP contribution in [-0.2, 0) is 0 Å². The molecule has 1 aliphatic carbocycles. The molecule has 1 amide bonds. The normalized spacial score (nSPS) is 14.1. The number of carbonyl (C=O) groups is 1. The molecule has 0 bridgehead atoms. The van der Waals surface area contributed by atoms with Gasteiger partial charge < -0.3 is 5.32 Å². The molecule has 1 saturated carbocycles. The van der Waals surface area contributed by atoms with Crippen LogP contribution in [0.1, 0.15) is 39.3 Å². The number of hydrogen-bond acceptors (Lipinski definition) is 5. The average molecular weight is 340 g/mol. The predicted molar refractivity (Wildman–Crippen MR) is 93.8 cm³/mol. The van der Waals surface area contributed by atoms with Crippen LogP contribution in [0.4, 0.5) is 5.69 Å². The highest BCUT2D eigenvalue weighted by molar-refractivity contribution is 7.11. The minimum atomic E-state index is -0.261. The van der Waals surface area contributed by atoms with Crippen molar-refractivity contribution >= 4 is 33.8 Å². The Hall–Kier alpha value is -2.54. The van der Waals surface area contributed by atoms with Crippen molar-refractivity contribution in [3.05, 3.63) is 50.5 Å². The quantitative estimate of drug-likeness (QED) is 0.795. The summed E-state index contributed by atoms with van der Waals surface area (Å²) in [5.74, 6) is -0.261. The Morgan fingerprint density at radius 1 is 1.33 bits per heavy atom. The lowest BCUT2D eigenvalue weighted by atomic mass is 10.2. The van der Waals surface area contributed by atoms with Gasteiger partial charge in [-0.2, -0.15) is 0 Å². The minimum absolute atomic E-state index is 0.0562. The summed E-state index contributed by atoms with van der Waals surface area (Å²) in [7, 11) is 0. The fourth-order valence-electron chi connectivity index (χ4n) is 2.76. The molecule has 6 nitrogen and oxygen atoms in total. The van der Waals surface area contributed by atoms with Crippen molar-refractivity contribution in [3.63, 3.8) is 0 Å². The van der Waals surface area contributed by atoms with Crippen molar-refractivity contribution in [2.75, 3.05) is 5.32 Å². The summed E-state index contributed by atoms with van der Waals surface area (Å²) in [4.78, 5) is 34.4. The first kappa shape index (κ1) is 15.0. The topological polar surface area (TPSA) is 76.9 Å². The fourth-order valence-corrected chi connectivity index (χ4v) is 3.57. The van der Waals surface area contributed by atoms with Gasteiger partial charge in [-0.15, -0.1) is 11.3 Å². The standard InChI is InChI=1S/C17H16N4O2S/c1-9-15(19-10(2)24-9)16(22)20-11-3-6-14-13(7-11)17(23)21(8-18-14)12-4-5-12/h3,6-8,12H,4-5H2,1-2H3,(H,20,22). The van der Waals surface area contributed by atoms with Crippen LogP contribution in [0, 0.1) is 13.8 Å². The van der Waals surface area contributed by atoms with Crippen molar-refractivity contribution in [1.29, 1.82) is 0 Å². The molecule has 2 aromatic heterocycles. The summed E-state index contributed by atoms with van der Waals surface area (Å²) in [6, 6.07) is 5.47. The number of amides is 1. The largest absolute Gasteiger partial charge is 0.321 e. The lowest BCUT2D eigenvalue weighted by molar-refractivity contribution is 0.102.